The van der Waals surface area contributed by atoms with Crippen LogP contribution < -0.4 is 15.6 Å². The fourth-order valence-electron chi connectivity index (χ4n) is 2.39. The molecule has 138 valence electrons. The van der Waals surface area contributed by atoms with Crippen LogP contribution in [0.2, 0.25) is 0 Å². The van der Waals surface area contributed by atoms with Crippen LogP contribution in [0.4, 0.5) is 28.9 Å². The van der Waals surface area contributed by atoms with E-state index in [4.69, 9.17) is 0 Å². The van der Waals surface area contributed by atoms with Gasteiger partial charge in [-0.05, 0) is 30.2 Å². The molecule has 0 fully saturated rings. The molecule has 1 aliphatic heterocycles. The van der Waals surface area contributed by atoms with E-state index in [0.29, 0.717) is 17.7 Å². The predicted octanol–water partition coefficient (Wildman–Crippen LogP) is 2.43. The number of fused-ring (bicyclic) bond motifs is 1. The minimum absolute atomic E-state index is 0.00210. The van der Waals surface area contributed by atoms with Crippen molar-refractivity contribution in [2.75, 3.05) is 10.7 Å². The molecule has 1 aliphatic rings. The summed E-state index contributed by atoms with van der Waals surface area (Å²) in [7, 11) is -4.32. The lowest BCUT2D eigenvalue weighted by Gasteiger charge is -2.18. The Labute approximate surface area is 145 Å². The highest BCUT2D eigenvalue weighted by Crippen LogP contribution is 2.26. The van der Waals surface area contributed by atoms with E-state index in [1.807, 2.05) is 0 Å². The fourth-order valence-corrected chi connectivity index (χ4v) is 3.29. The van der Waals surface area contributed by atoms with Crippen molar-refractivity contribution in [1.29, 1.82) is 0 Å². The van der Waals surface area contributed by atoms with Gasteiger partial charge >= 0.3 is 0 Å². The third-order valence-electron chi connectivity index (χ3n) is 3.70. The van der Waals surface area contributed by atoms with E-state index in [1.54, 1.807) is 10.3 Å². The molecule has 0 radical (unpaired) electrons. The summed E-state index contributed by atoms with van der Waals surface area (Å²) >= 11 is 0. The molecular formula is C15H11F4N3O3S. The van der Waals surface area contributed by atoms with Crippen LogP contribution in [-0.2, 0) is 21.2 Å². The molecule has 2 aromatic carbocycles. The van der Waals surface area contributed by atoms with Crippen LogP contribution in [0.15, 0.2) is 29.2 Å². The minimum atomic E-state index is -4.32. The van der Waals surface area contributed by atoms with Crippen molar-refractivity contribution in [2.24, 2.45) is 0 Å². The van der Waals surface area contributed by atoms with Crippen LogP contribution in [0.3, 0.4) is 0 Å². The van der Waals surface area contributed by atoms with Gasteiger partial charge in [-0.2, -0.15) is 0 Å². The van der Waals surface area contributed by atoms with Gasteiger partial charge in [-0.15, -0.1) is 4.83 Å². The second kappa shape index (κ2) is 6.57. The van der Waals surface area contributed by atoms with Crippen LogP contribution in [0, 0.1) is 23.3 Å². The largest absolute Gasteiger partial charge is 0.326 e. The summed E-state index contributed by atoms with van der Waals surface area (Å²) in [5.74, 6) is -7.13. The lowest BCUT2D eigenvalue weighted by molar-refractivity contribution is -0.116. The van der Waals surface area contributed by atoms with E-state index >= 15 is 0 Å². The first-order chi connectivity index (χ1) is 12.2. The number of benzene rings is 2. The zero-order chi connectivity index (χ0) is 19.1. The van der Waals surface area contributed by atoms with E-state index < -0.39 is 39.0 Å². The van der Waals surface area contributed by atoms with E-state index in [1.165, 1.54) is 12.1 Å². The number of amides is 1. The second-order valence-electron chi connectivity index (χ2n) is 5.44. The number of carbonyl (C=O) groups is 1. The second-order valence-corrected chi connectivity index (χ2v) is 7.12. The van der Waals surface area contributed by atoms with Crippen LogP contribution in [0.1, 0.15) is 12.0 Å². The molecule has 1 amide bonds. The van der Waals surface area contributed by atoms with Gasteiger partial charge in [0.05, 0.1) is 4.90 Å². The molecular weight excluding hydrogens is 378 g/mol. The molecule has 3 N–H and O–H groups in total. The van der Waals surface area contributed by atoms with Crippen molar-refractivity contribution in [1.82, 2.24) is 4.83 Å². The number of anilines is 2. The monoisotopic (exact) mass is 389 g/mol. The number of hydrogen-bond donors (Lipinski definition) is 3. The Morgan fingerprint density at radius 2 is 1.62 bits per heavy atom. The quantitative estimate of drug-likeness (QED) is 0.426. The Morgan fingerprint density at radius 3 is 2.27 bits per heavy atom. The molecule has 0 atom stereocenters. The first-order valence-electron chi connectivity index (χ1n) is 7.22. The number of halogens is 4. The van der Waals surface area contributed by atoms with Gasteiger partial charge in [-0.3, -0.25) is 4.79 Å². The average molecular weight is 389 g/mol. The molecule has 11 heteroatoms. The summed E-state index contributed by atoms with van der Waals surface area (Å²) in [4.78, 5) is 12.7. The Bertz CT molecular complexity index is 985. The maximum Gasteiger partial charge on any atom is 0.257 e. The van der Waals surface area contributed by atoms with Crippen molar-refractivity contribution >= 4 is 27.3 Å². The molecule has 2 aromatic rings. The zero-order valence-corrected chi connectivity index (χ0v) is 13.7. The van der Waals surface area contributed by atoms with Gasteiger partial charge in [-0.1, -0.05) is 0 Å². The first kappa shape index (κ1) is 18.1. The normalized spacial score (nSPS) is 13.9. The number of sulfonamides is 1. The molecule has 0 unspecified atom stereocenters. The van der Waals surface area contributed by atoms with Crippen LogP contribution in [0.25, 0.3) is 0 Å². The first-order valence-corrected chi connectivity index (χ1v) is 8.71. The van der Waals surface area contributed by atoms with Gasteiger partial charge in [0.25, 0.3) is 10.0 Å². The standard InChI is InChI=1S/C15H11F4N3O3S/c16-9-6-10(17)14(19)15(13(9)18)21-22-26(24,25)8-2-3-11-7(5-8)1-4-12(23)20-11/h2-3,5-6,21-22H,1,4H2,(H,20,23). The summed E-state index contributed by atoms with van der Waals surface area (Å²) in [6.07, 6.45) is 0.498. The van der Waals surface area contributed by atoms with Crippen molar-refractivity contribution in [3.63, 3.8) is 0 Å². The van der Waals surface area contributed by atoms with E-state index in [-0.39, 0.29) is 23.3 Å². The lowest BCUT2D eigenvalue weighted by Crippen LogP contribution is -2.31. The Hall–Kier alpha value is -2.66. The molecule has 0 bridgehead atoms. The molecule has 0 saturated carbocycles. The maximum atomic E-state index is 13.6. The van der Waals surface area contributed by atoms with Crippen molar-refractivity contribution in [2.45, 2.75) is 17.7 Å². The van der Waals surface area contributed by atoms with Crippen LogP contribution >= 0.6 is 0 Å². The van der Waals surface area contributed by atoms with Crippen LogP contribution in [-0.4, -0.2) is 14.3 Å². The molecule has 1 heterocycles. The van der Waals surface area contributed by atoms with Gasteiger partial charge in [0.15, 0.2) is 23.3 Å². The summed E-state index contributed by atoms with van der Waals surface area (Å²) < 4.78 is 77.9. The number of carbonyl (C=O) groups excluding carboxylic acids is 1. The number of hydrazine groups is 1. The SMILES string of the molecule is O=C1CCc2cc(S(=O)(=O)NNc3c(F)c(F)cc(F)c3F)ccc2N1. The summed E-state index contributed by atoms with van der Waals surface area (Å²) in [6.45, 7) is 0. The van der Waals surface area contributed by atoms with Gasteiger partial charge < -0.3 is 10.7 Å². The summed E-state index contributed by atoms with van der Waals surface area (Å²) in [6, 6.07) is 3.80. The molecule has 6 nitrogen and oxygen atoms in total. The van der Waals surface area contributed by atoms with E-state index in [9.17, 15) is 30.8 Å². The molecule has 26 heavy (non-hydrogen) atoms. The fraction of sp³-hybridized carbons (Fsp3) is 0.133. The van der Waals surface area contributed by atoms with Crippen molar-refractivity contribution in [3.8, 4) is 0 Å². The zero-order valence-electron chi connectivity index (χ0n) is 12.9. The lowest BCUT2D eigenvalue weighted by atomic mass is 10.0. The number of nitrogens with one attached hydrogen (secondary N) is 3. The minimum Gasteiger partial charge on any atom is -0.326 e. The number of aryl methyl sites for hydroxylation is 1. The molecule has 0 aromatic heterocycles. The third kappa shape index (κ3) is 3.35. The highest BCUT2D eigenvalue weighted by atomic mass is 32.2. The smallest absolute Gasteiger partial charge is 0.257 e. The topological polar surface area (TPSA) is 87.3 Å². The van der Waals surface area contributed by atoms with Gasteiger partial charge in [-0.25, -0.2) is 26.0 Å². The average Bonchev–Trinajstić information content (AvgIpc) is 2.59. The predicted molar refractivity (Wildman–Crippen MR) is 83.6 cm³/mol. The Kier molecular flexibility index (Phi) is 4.59. The van der Waals surface area contributed by atoms with Crippen molar-refractivity contribution in [3.05, 3.63) is 53.1 Å². The van der Waals surface area contributed by atoms with Gasteiger partial charge in [0, 0.05) is 18.2 Å². The molecule has 3 rings (SSSR count). The number of rotatable bonds is 4. The van der Waals surface area contributed by atoms with E-state index in [2.05, 4.69) is 5.32 Å². The Balaban J connectivity index is 1.86. The maximum absolute atomic E-state index is 13.6. The molecule has 0 aliphatic carbocycles. The summed E-state index contributed by atoms with van der Waals surface area (Å²) in [5, 5.41) is 2.57. The highest BCUT2D eigenvalue weighted by Gasteiger charge is 2.23. The van der Waals surface area contributed by atoms with Crippen LogP contribution in [0.5, 0.6) is 0 Å². The molecule has 0 spiro atoms. The van der Waals surface area contributed by atoms with Gasteiger partial charge in [0.1, 0.15) is 5.69 Å². The highest BCUT2D eigenvalue weighted by molar-refractivity contribution is 7.89. The van der Waals surface area contributed by atoms with Crippen molar-refractivity contribution < 1.29 is 30.8 Å². The van der Waals surface area contributed by atoms with E-state index in [0.717, 1.165) is 6.07 Å². The summed E-state index contributed by atoms with van der Waals surface area (Å²) in [5.41, 5.74) is 1.36. The molecule has 0 saturated heterocycles. The third-order valence-corrected chi connectivity index (χ3v) is 4.95. The van der Waals surface area contributed by atoms with Gasteiger partial charge in [0.2, 0.25) is 5.91 Å². The Morgan fingerprint density at radius 1 is 0.962 bits per heavy atom. The number of hydrogen-bond acceptors (Lipinski definition) is 4.